The van der Waals surface area contributed by atoms with E-state index >= 15 is 0 Å². The van der Waals surface area contributed by atoms with Crippen molar-refractivity contribution in [1.82, 2.24) is 14.9 Å². The minimum atomic E-state index is -0.259. The highest BCUT2D eigenvalue weighted by molar-refractivity contribution is 9.10. The first-order valence-corrected chi connectivity index (χ1v) is 12.4. The number of rotatable bonds is 5. The number of nitrogens with zero attached hydrogens (tertiary/aromatic N) is 5. The molecule has 1 saturated heterocycles. The number of benzene rings is 1. The van der Waals surface area contributed by atoms with Gasteiger partial charge in [-0.3, -0.25) is 9.69 Å². The first kappa shape index (κ1) is 23.0. The average Bonchev–Trinajstić information content (AvgIpc) is 2.78. The van der Waals surface area contributed by atoms with E-state index in [4.69, 9.17) is 9.97 Å². The molecule has 0 aliphatic carbocycles. The number of fused-ring (bicyclic) bond motifs is 1. The lowest BCUT2D eigenvalue weighted by Gasteiger charge is -2.37. The quantitative estimate of drug-likeness (QED) is 0.617. The molecule has 1 N–H and O–H groups in total. The Morgan fingerprint density at radius 1 is 1.12 bits per heavy atom. The summed E-state index contributed by atoms with van der Waals surface area (Å²) in [5.74, 6) is 1.31. The third-order valence-corrected chi connectivity index (χ3v) is 7.72. The van der Waals surface area contributed by atoms with Crippen LogP contribution in [0.3, 0.4) is 0 Å². The molecule has 0 radical (unpaired) electrons. The van der Waals surface area contributed by atoms with Crippen molar-refractivity contribution < 1.29 is 4.79 Å². The number of halogens is 1. The van der Waals surface area contributed by atoms with Crippen molar-refractivity contribution in [2.24, 2.45) is 0 Å². The fourth-order valence-electron chi connectivity index (χ4n) is 4.64. The summed E-state index contributed by atoms with van der Waals surface area (Å²) in [4.78, 5) is 28.9. The molecule has 4 rings (SSSR count). The molecule has 2 atom stereocenters. The van der Waals surface area contributed by atoms with Gasteiger partial charge in [-0.2, -0.15) is 4.98 Å². The van der Waals surface area contributed by atoms with Gasteiger partial charge in [0.15, 0.2) is 0 Å². The molecule has 8 heteroatoms. The highest BCUT2D eigenvalue weighted by Gasteiger charge is 2.40. The van der Waals surface area contributed by atoms with Crippen molar-refractivity contribution in [2.75, 3.05) is 47.8 Å². The van der Waals surface area contributed by atoms with Gasteiger partial charge in [0.25, 0.3) is 0 Å². The van der Waals surface area contributed by atoms with Gasteiger partial charge in [-0.05, 0) is 51.6 Å². The van der Waals surface area contributed by atoms with Crippen LogP contribution in [0.25, 0.3) is 0 Å². The molecule has 2 aromatic rings. The Morgan fingerprint density at radius 3 is 2.38 bits per heavy atom. The van der Waals surface area contributed by atoms with Gasteiger partial charge in [-0.1, -0.05) is 29.8 Å². The lowest BCUT2D eigenvalue weighted by molar-refractivity contribution is -0.119. The first-order valence-electron chi connectivity index (χ1n) is 11.5. The zero-order chi connectivity index (χ0) is 23.0. The van der Waals surface area contributed by atoms with E-state index in [9.17, 15) is 4.79 Å². The summed E-state index contributed by atoms with van der Waals surface area (Å²) in [6.45, 7) is 15.7. The third-order valence-electron chi connectivity index (χ3n) is 6.54. The third kappa shape index (κ3) is 4.35. The Bertz CT molecular complexity index is 971. The van der Waals surface area contributed by atoms with Crippen LogP contribution in [-0.4, -0.2) is 64.4 Å². The van der Waals surface area contributed by atoms with E-state index in [2.05, 4.69) is 69.2 Å². The monoisotopic (exact) mass is 500 g/mol. The molecule has 3 heterocycles. The number of hydrogen-bond acceptors (Lipinski definition) is 6. The van der Waals surface area contributed by atoms with Gasteiger partial charge in [0, 0.05) is 60.8 Å². The summed E-state index contributed by atoms with van der Waals surface area (Å²) >= 11 is 3.58. The average molecular weight is 501 g/mol. The Kier molecular flexibility index (Phi) is 6.72. The first-order chi connectivity index (χ1) is 15.3. The van der Waals surface area contributed by atoms with Crippen molar-refractivity contribution in [3.05, 3.63) is 35.5 Å². The number of likely N-dealkylation sites (N-methyl/N-ethyl adjacent to an activating group) is 1. The summed E-state index contributed by atoms with van der Waals surface area (Å²) in [6.07, 6.45) is 0. The highest BCUT2D eigenvalue weighted by Crippen LogP contribution is 2.41. The number of carbonyl (C=O) groups excluding carboxylic acids is 1. The van der Waals surface area contributed by atoms with Crippen molar-refractivity contribution in [1.29, 1.82) is 0 Å². The molecule has 2 unspecified atom stereocenters. The van der Waals surface area contributed by atoms with Gasteiger partial charge in [-0.25, -0.2) is 4.98 Å². The highest BCUT2D eigenvalue weighted by atomic mass is 79.9. The van der Waals surface area contributed by atoms with Crippen molar-refractivity contribution >= 4 is 45.0 Å². The number of aromatic nitrogens is 2. The second-order valence-electron chi connectivity index (χ2n) is 8.96. The lowest BCUT2D eigenvalue weighted by atomic mass is 9.91. The number of anilines is 4. The Hall–Kier alpha value is -2.19. The van der Waals surface area contributed by atoms with Crippen LogP contribution in [0.2, 0.25) is 0 Å². The lowest BCUT2D eigenvalue weighted by Crippen LogP contribution is -2.48. The van der Waals surface area contributed by atoms with Gasteiger partial charge in [0.2, 0.25) is 11.9 Å². The van der Waals surface area contributed by atoms with Gasteiger partial charge in [-0.15, -0.1) is 0 Å². The maximum absolute atomic E-state index is 12.9. The molecule has 1 aromatic carbocycles. The van der Waals surface area contributed by atoms with Crippen LogP contribution in [0, 0.1) is 6.92 Å². The van der Waals surface area contributed by atoms with E-state index in [1.54, 1.807) is 4.90 Å². The number of hydrogen-bond donors (Lipinski definition) is 1. The van der Waals surface area contributed by atoms with Crippen LogP contribution in [0.4, 0.5) is 23.1 Å². The molecule has 7 nitrogen and oxygen atoms in total. The maximum atomic E-state index is 12.9. The SMILES string of the molecule is CCN1CCN(c2ccc(Nc3nc(C)c4c(n3)N(C(C)C)C(=O)C(Br)C4C)cc2)CC1. The molecule has 172 valence electrons. The van der Waals surface area contributed by atoms with E-state index in [0.29, 0.717) is 11.8 Å². The van der Waals surface area contributed by atoms with Crippen LogP contribution in [0.15, 0.2) is 24.3 Å². The number of piperazine rings is 1. The molecular weight excluding hydrogens is 468 g/mol. The molecule has 32 heavy (non-hydrogen) atoms. The summed E-state index contributed by atoms with van der Waals surface area (Å²) in [6, 6.07) is 8.46. The van der Waals surface area contributed by atoms with Crippen LogP contribution in [-0.2, 0) is 4.79 Å². The van der Waals surface area contributed by atoms with E-state index in [0.717, 1.165) is 49.7 Å². The summed E-state index contributed by atoms with van der Waals surface area (Å²) < 4.78 is 0. The zero-order valence-electron chi connectivity index (χ0n) is 19.6. The van der Waals surface area contributed by atoms with Gasteiger partial charge in [0.1, 0.15) is 10.6 Å². The molecule has 2 aliphatic rings. The Morgan fingerprint density at radius 2 is 1.78 bits per heavy atom. The molecular formula is C24H33BrN6O. The van der Waals surface area contributed by atoms with E-state index < -0.39 is 0 Å². The van der Waals surface area contributed by atoms with Crippen LogP contribution in [0.5, 0.6) is 0 Å². The predicted molar refractivity (Wildman–Crippen MR) is 135 cm³/mol. The number of aryl methyl sites for hydroxylation is 1. The number of amides is 1. The van der Waals surface area contributed by atoms with Crippen molar-refractivity contribution in [2.45, 2.75) is 51.4 Å². The molecule has 2 aliphatic heterocycles. The summed E-state index contributed by atoms with van der Waals surface area (Å²) in [5, 5.41) is 3.34. The molecule has 1 fully saturated rings. The molecule has 0 saturated carbocycles. The summed E-state index contributed by atoms with van der Waals surface area (Å²) in [7, 11) is 0. The molecule has 0 spiro atoms. The smallest absolute Gasteiger partial charge is 0.242 e. The second-order valence-corrected chi connectivity index (χ2v) is 9.94. The number of nitrogens with one attached hydrogen (secondary N) is 1. The minimum Gasteiger partial charge on any atom is -0.369 e. The second kappa shape index (κ2) is 9.35. The fraction of sp³-hybridized carbons (Fsp3) is 0.542. The topological polar surface area (TPSA) is 64.6 Å². The normalized spacial score (nSPS) is 21.8. The van der Waals surface area contributed by atoms with E-state index in [-0.39, 0.29) is 22.7 Å². The van der Waals surface area contributed by atoms with E-state index in [1.807, 2.05) is 20.8 Å². The van der Waals surface area contributed by atoms with Crippen molar-refractivity contribution in [3.8, 4) is 0 Å². The number of alkyl halides is 1. The molecule has 0 bridgehead atoms. The zero-order valence-corrected chi connectivity index (χ0v) is 21.2. The largest absolute Gasteiger partial charge is 0.369 e. The van der Waals surface area contributed by atoms with Crippen LogP contribution >= 0.6 is 15.9 Å². The maximum Gasteiger partial charge on any atom is 0.242 e. The molecule has 1 aromatic heterocycles. The number of carbonyl (C=O) groups is 1. The predicted octanol–water partition coefficient (Wildman–Crippen LogP) is 4.29. The van der Waals surface area contributed by atoms with Crippen molar-refractivity contribution in [3.63, 3.8) is 0 Å². The van der Waals surface area contributed by atoms with Crippen LogP contribution < -0.4 is 15.1 Å². The van der Waals surface area contributed by atoms with E-state index in [1.165, 1.54) is 5.69 Å². The fourth-order valence-corrected chi connectivity index (χ4v) is 5.13. The minimum absolute atomic E-state index is 0.0170. The van der Waals surface area contributed by atoms with Gasteiger partial charge >= 0.3 is 0 Å². The Labute approximate surface area is 199 Å². The van der Waals surface area contributed by atoms with Gasteiger partial charge < -0.3 is 15.1 Å². The Balaban J connectivity index is 1.55. The molecule has 1 amide bonds. The van der Waals surface area contributed by atoms with Gasteiger partial charge in [0.05, 0.1) is 0 Å². The standard InChI is InChI=1S/C24H33BrN6O/c1-6-29-11-13-30(14-12-29)19-9-7-18(8-10-19)27-24-26-17(5)20-16(4)21(25)23(32)31(15(2)3)22(20)28-24/h7-10,15-16,21H,6,11-14H2,1-5H3,(H,26,27,28). The van der Waals surface area contributed by atoms with Crippen LogP contribution in [0.1, 0.15) is 44.9 Å². The summed E-state index contributed by atoms with van der Waals surface area (Å²) in [5.41, 5.74) is 4.11.